The van der Waals surface area contributed by atoms with Gasteiger partial charge in [-0.25, -0.2) is 4.39 Å². The SMILES string of the molecule is C=CCCOCCNCc1ccc(F)c(C#N)c1. The van der Waals surface area contributed by atoms with Crippen LogP contribution in [0.3, 0.4) is 0 Å². The van der Waals surface area contributed by atoms with E-state index < -0.39 is 5.82 Å². The number of nitrogens with zero attached hydrogens (tertiary/aromatic N) is 1. The zero-order chi connectivity index (χ0) is 13.2. The maximum Gasteiger partial charge on any atom is 0.140 e. The molecular weight excluding hydrogens is 231 g/mol. The predicted octanol–water partition coefficient (Wildman–Crippen LogP) is 2.38. The summed E-state index contributed by atoms with van der Waals surface area (Å²) in [5.41, 5.74) is 0.968. The maximum absolute atomic E-state index is 13.1. The molecule has 0 heterocycles. The fourth-order valence-corrected chi connectivity index (χ4v) is 1.41. The van der Waals surface area contributed by atoms with E-state index in [1.54, 1.807) is 12.1 Å². The lowest BCUT2D eigenvalue weighted by Crippen LogP contribution is -2.19. The first-order valence-corrected chi connectivity index (χ1v) is 5.86. The first-order valence-electron chi connectivity index (χ1n) is 5.86. The molecular formula is C14H17FN2O. The molecule has 0 saturated heterocycles. The van der Waals surface area contributed by atoms with Crippen LogP contribution >= 0.6 is 0 Å². The Morgan fingerprint density at radius 1 is 1.44 bits per heavy atom. The molecule has 0 unspecified atom stereocenters. The van der Waals surface area contributed by atoms with Crippen molar-refractivity contribution in [2.24, 2.45) is 0 Å². The Balaban J connectivity index is 2.23. The second-order valence-electron chi connectivity index (χ2n) is 3.79. The van der Waals surface area contributed by atoms with Crippen LogP contribution in [0, 0.1) is 17.1 Å². The van der Waals surface area contributed by atoms with Crippen molar-refractivity contribution in [3.8, 4) is 6.07 Å². The largest absolute Gasteiger partial charge is 0.380 e. The van der Waals surface area contributed by atoms with E-state index in [1.807, 2.05) is 12.1 Å². The van der Waals surface area contributed by atoms with Crippen LogP contribution in [0.1, 0.15) is 17.5 Å². The minimum atomic E-state index is -0.478. The summed E-state index contributed by atoms with van der Waals surface area (Å²) in [4.78, 5) is 0. The van der Waals surface area contributed by atoms with Gasteiger partial charge in [-0.2, -0.15) is 5.26 Å². The number of nitrogens with one attached hydrogen (secondary N) is 1. The molecule has 0 radical (unpaired) electrons. The highest BCUT2D eigenvalue weighted by atomic mass is 19.1. The van der Waals surface area contributed by atoms with Gasteiger partial charge in [0.15, 0.2) is 0 Å². The van der Waals surface area contributed by atoms with Gasteiger partial charge in [0.05, 0.1) is 18.8 Å². The van der Waals surface area contributed by atoms with Crippen molar-refractivity contribution in [3.63, 3.8) is 0 Å². The highest BCUT2D eigenvalue weighted by Gasteiger charge is 2.02. The van der Waals surface area contributed by atoms with E-state index in [-0.39, 0.29) is 5.56 Å². The fraction of sp³-hybridized carbons (Fsp3) is 0.357. The zero-order valence-corrected chi connectivity index (χ0v) is 10.3. The predicted molar refractivity (Wildman–Crippen MR) is 68.5 cm³/mol. The first kappa shape index (κ1) is 14.4. The van der Waals surface area contributed by atoms with Gasteiger partial charge in [-0.1, -0.05) is 12.1 Å². The van der Waals surface area contributed by atoms with Crippen molar-refractivity contribution < 1.29 is 9.13 Å². The summed E-state index contributed by atoms with van der Waals surface area (Å²) in [5.74, 6) is -0.478. The van der Waals surface area contributed by atoms with Gasteiger partial charge in [-0.15, -0.1) is 6.58 Å². The van der Waals surface area contributed by atoms with Crippen LogP contribution in [0.25, 0.3) is 0 Å². The Morgan fingerprint density at radius 3 is 3.00 bits per heavy atom. The molecule has 0 atom stereocenters. The van der Waals surface area contributed by atoms with Gasteiger partial charge in [0.1, 0.15) is 11.9 Å². The van der Waals surface area contributed by atoms with Gasteiger partial charge in [-0.05, 0) is 24.1 Å². The van der Waals surface area contributed by atoms with Crippen LogP contribution in [0.4, 0.5) is 4.39 Å². The van der Waals surface area contributed by atoms with Gasteiger partial charge in [-0.3, -0.25) is 0 Å². The number of ether oxygens (including phenoxy) is 1. The normalized spacial score (nSPS) is 10.0. The Labute approximate surface area is 107 Å². The van der Waals surface area contributed by atoms with E-state index in [1.165, 1.54) is 6.07 Å². The number of nitriles is 1. The molecule has 1 rings (SSSR count). The van der Waals surface area contributed by atoms with Crippen LogP contribution in [0.5, 0.6) is 0 Å². The summed E-state index contributed by atoms with van der Waals surface area (Å²) in [6.07, 6.45) is 2.67. The van der Waals surface area contributed by atoms with E-state index in [0.29, 0.717) is 19.8 Å². The summed E-state index contributed by atoms with van der Waals surface area (Å²) >= 11 is 0. The van der Waals surface area contributed by atoms with E-state index in [9.17, 15) is 4.39 Å². The minimum Gasteiger partial charge on any atom is -0.380 e. The minimum absolute atomic E-state index is 0.0801. The van der Waals surface area contributed by atoms with Crippen LogP contribution in [0.15, 0.2) is 30.9 Å². The number of benzene rings is 1. The van der Waals surface area contributed by atoms with Crippen molar-refractivity contribution in [1.29, 1.82) is 5.26 Å². The van der Waals surface area contributed by atoms with Crippen molar-refractivity contribution in [3.05, 3.63) is 47.8 Å². The third-order valence-corrected chi connectivity index (χ3v) is 2.37. The topological polar surface area (TPSA) is 45.0 Å². The molecule has 0 fully saturated rings. The third kappa shape index (κ3) is 5.09. The molecule has 1 aromatic carbocycles. The molecule has 0 aliphatic rings. The molecule has 0 aromatic heterocycles. The molecule has 3 nitrogen and oxygen atoms in total. The molecule has 1 N–H and O–H groups in total. The van der Waals surface area contributed by atoms with Crippen molar-refractivity contribution in [2.45, 2.75) is 13.0 Å². The van der Waals surface area contributed by atoms with Crippen LogP contribution in [-0.4, -0.2) is 19.8 Å². The molecule has 0 aliphatic heterocycles. The average molecular weight is 248 g/mol. The summed E-state index contributed by atoms with van der Waals surface area (Å²) in [6, 6.07) is 6.36. The molecule has 0 bridgehead atoms. The molecule has 96 valence electrons. The Kier molecular flexibility index (Phi) is 6.70. The maximum atomic E-state index is 13.1. The lowest BCUT2D eigenvalue weighted by Gasteiger charge is -2.06. The Bertz CT molecular complexity index is 426. The van der Waals surface area contributed by atoms with Gasteiger partial charge in [0.2, 0.25) is 0 Å². The number of halogens is 1. The molecule has 4 heteroatoms. The van der Waals surface area contributed by atoms with E-state index >= 15 is 0 Å². The fourth-order valence-electron chi connectivity index (χ4n) is 1.41. The Hall–Kier alpha value is -1.70. The molecule has 0 spiro atoms. The van der Waals surface area contributed by atoms with Gasteiger partial charge < -0.3 is 10.1 Å². The summed E-state index contributed by atoms with van der Waals surface area (Å²) in [5, 5.41) is 11.9. The number of hydrogen-bond donors (Lipinski definition) is 1. The van der Waals surface area contributed by atoms with Gasteiger partial charge in [0.25, 0.3) is 0 Å². The van der Waals surface area contributed by atoms with E-state index in [2.05, 4.69) is 11.9 Å². The quantitative estimate of drug-likeness (QED) is 0.567. The standard InChI is InChI=1S/C14H17FN2O/c1-2-3-7-18-8-6-17-11-12-4-5-14(15)13(9-12)10-16/h2,4-5,9,17H,1,3,6-8,11H2. The molecule has 0 saturated carbocycles. The second kappa shape index (κ2) is 8.40. The van der Waals surface area contributed by atoms with Crippen molar-refractivity contribution in [2.75, 3.05) is 19.8 Å². The average Bonchev–Trinajstić information content (AvgIpc) is 2.39. The lowest BCUT2D eigenvalue weighted by molar-refractivity contribution is 0.140. The van der Waals surface area contributed by atoms with Crippen molar-refractivity contribution in [1.82, 2.24) is 5.32 Å². The highest BCUT2D eigenvalue weighted by Crippen LogP contribution is 2.09. The van der Waals surface area contributed by atoms with Gasteiger partial charge >= 0.3 is 0 Å². The van der Waals surface area contributed by atoms with Gasteiger partial charge in [0, 0.05) is 13.1 Å². The molecule has 18 heavy (non-hydrogen) atoms. The zero-order valence-electron chi connectivity index (χ0n) is 10.3. The lowest BCUT2D eigenvalue weighted by atomic mass is 10.1. The smallest absolute Gasteiger partial charge is 0.140 e. The summed E-state index contributed by atoms with van der Waals surface area (Å²) in [7, 11) is 0. The monoisotopic (exact) mass is 248 g/mol. The summed E-state index contributed by atoms with van der Waals surface area (Å²) in [6.45, 7) is 6.23. The molecule has 0 aliphatic carbocycles. The summed E-state index contributed by atoms with van der Waals surface area (Å²) < 4.78 is 18.4. The van der Waals surface area contributed by atoms with Crippen LogP contribution < -0.4 is 5.32 Å². The third-order valence-electron chi connectivity index (χ3n) is 2.37. The first-order chi connectivity index (χ1) is 8.77. The second-order valence-corrected chi connectivity index (χ2v) is 3.79. The van der Waals surface area contributed by atoms with E-state index in [0.717, 1.165) is 18.5 Å². The number of hydrogen-bond acceptors (Lipinski definition) is 3. The van der Waals surface area contributed by atoms with E-state index in [4.69, 9.17) is 10.00 Å². The van der Waals surface area contributed by atoms with Crippen molar-refractivity contribution >= 4 is 0 Å². The van der Waals surface area contributed by atoms with Crippen LogP contribution in [-0.2, 0) is 11.3 Å². The molecule has 1 aromatic rings. The molecule has 0 amide bonds. The number of rotatable bonds is 8. The Morgan fingerprint density at radius 2 is 2.28 bits per heavy atom. The highest BCUT2D eigenvalue weighted by molar-refractivity contribution is 5.34. The van der Waals surface area contributed by atoms with Crippen LogP contribution in [0.2, 0.25) is 0 Å².